The molecule has 1 rings (SSSR count). The Morgan fingerprint density at radius 1 is 1.63 bits per heavy atom. The molecule has 0 saturated heterocycles. The second kappa shape index (κ2) is 6.72. The van der Waals surface area contributed by atoms with Gasteiger partial charge in [0.2, 0.25) is 5.95 Å². The van der Waals surface area contributed by atoms with Crippen LogP contribution in [0.5, 0.6) is 0 Å². The summed E-state index contributed by atoms with van der Waals surface area (Å²) in [5, 5.41) is 0. The minimum Gasteiger partial charge on any atom is -0.242 e. The minimum atomic E-state index is -1.29. The zero-order chi connectivity index (χ0) is 14.6. The molecule has 0 fully saturated rings. The van der Waals surface area contributed by atoms with Gasteiger partial charge in [0.25, 0.3) is 0 Å². The molecule has 0 spiro atoms. The molecule has 0 amide bonds. The molecule has 0 aliphatic rings. The fourth-order valence-electron chi connectivity index (χ4n) is 1.39. The Hall–Kier alpha value is -0.590. The van der Waals surface area contributed by atoms with E-state index >= 15 is 0 Å². The van der Waals surface area contributed by atoms with E-state index in [1.54, 1.807) is 12.1 Å². The molecule has 6 heteroatoms. The lowest BCUT2D eigenvalue weighted by atomic mass is 10.1. The van der Waals surface area contributed by atoms with Gasteiger partial charge in [-0.15, -0.1) is 6.58 Å². The van der Waals surface area contributed by atoms with Gasteiger partial charge < -0.3 is 0 Å². The van der Waals surface area contributed by atoms with Crippen LogP contribution in [0.15, 0.2) is 29.4 Å². The molecular weight excluding hydrogens is 331 g/mol. The number of halogens is 2. The van der Waals surface area contributed by atoms with Crippen LogP contribution in [-0.2, 0) is 11.0 Å². The monoisotopic (exact) mass is 348 g/mol. The molecule has 0 aliphatic carbocycles. The predicted octanol–water partition coefficient (Wildman–Crippen LogP) is 3.65. The summed E-state index contributed by atoms with van der Waals surface area (Å²) in [5.74, 6) is -0.562. The van der Waals surface area contributed by atoms with Crippen molar-refractivity contribution >= 4 is 26.9 Å². The molecule has 19 heavy (non-hydrogen) atoms. The summed E-state index contributed by atoms with van der Waals surface area (Å²) in [6.45, 7) is 9.23. The summed E-state index contributed by atoms with van der Waals surface area (Å²) in [4.78, 5) is 3.66. The Balaban J connectivity index is 3.04. The van der Waals surface area contributed by atoms with Crippen molar-refractivity contribution in [2.45, 2.75) is 38.0 Å². The van der Waals surface area contributed by atoms with Crippen molar-refractivity contribution in [1.29, 1.82) is 0 Å². The molecule has 0 bridgehead atoms. The second-order valence-electron chi connectivity index (χ2n) is 5.11. The van der Waals surface area contributed by atoms with E-state index in [1.165, 1.54) is 6.20 Å². The molecular formula is C13H18BrFN2OS. The minimum absolute atomic E-state index is 0.381. The lowest BCUT2D eigenvalue weighted by molar-refractivity contribution is 0.528. The zero-order valence-electron chi connectivity index (χ0n) is 11.2. The predicted molar refractivity (Wildman–Crippen MR) is 80.5 cm³/mol. The highest BCUT2D eigenvalue weighted by Gasteiger charge is 2.25. The largest absolute Gasteiger partial charge is 0.242 e. The van der Waals surface area contributed by atoms with Crippen molar-refractivity contribution in [1.82, 2.24) is 9.71 Å². The maximum atomic E-state index is 13.8. The van der Waals surface area contributed by atoms with Crippen molar-refractivity contribution in [2.24, 2.45) is 0 Å². The Kier molecular flexibility index (Phi) is 5.82. The molecule has 0 aromatic carbocycles. The average Bonchev–Trinajstić information content (AvgIpc) is 2.30. The summed E-state index contributed by atoms with van der Waals surface area (Å²) < 4.78 is 29.1. The van der Waals surface area contributed by atoms with Gasteiger partial charge in [-0.25, -0.2) is 13.9 Å². The van der Waals surface area contributed by atoms with E-state index in [0.29, 0.717) is 16.5 Å². The highest BCUT2D eigenvalue weighted by molar-refractivity contribution is 9.10. The number of pyridine rings is 1. The molecule has 3 nitrogen and oxygen atoms in total. The van der Waals surface area contributed by atoms with Gasteiger partial charge in [0, 0.05) is 16.2 Å². The Labute approximate surface area is 124 Å². The second-order valence-corrected chi connectivity index (χ2v) is 8.02. The van der Waals surface area contributed by atoms with E-state index in [4.69, 9.17) is 0 Å². The smallest absolute Gasteiger partial charge is 0.217 e. The molecule has 0 aliphatic heterocycles. The Bertz CT molecular complexity index is 488. The van der Waals surface area contributed by atoms with Crippen molar-refractivity contribution in [3.05, 3.63) is 40.9 Å². The van der Waals surface area contributed by atoms with E-state index in [9.17, 15) is 8.60 Å². The van der Waals surface area contributed by atoms with Crippen molar-refractivity contribution in [2.75, 3.05) is 0 Å². The Morgan fingerprint density at radius 3 is 2.79 bits per heavy atom. The van der Waals surface area contributed by atoms with Crippen molar-refractivity contribution < 1.29 is 8.60 Å². The van der Waals surface area contributed by atoms with Gasteiger partial charge in [-0.1, -0.05) is 6.08 Å². The molecule has 106 valence electrons. The van der Waals surface area contributed by atoms with Crippen molar-refractivity contribution in [3.63, 3.8) is 0 Å². The number of nitrogens with zero attached hydrogens (tertiary/aromatic N) is 1. The van der Waals surface area contributed by atoms with Gasteiger partial charge >= 0.3 is 0 Å². The third-order valence-corrected chi connectivity index (χ3v) is 4.46. The summed E-state index contributed by atoms with van der Waals surface area (Å²) >= 11 is 3.26. The van der Waals surface area contributed by atoms with Crippen LogP contribution in [0.25, 0.3) is 0 Å². The highest BCUT2D eigenvalue weighted by atomic mass is 79.9. The molecule has 1 N–H and O–H groups in total. The zero-order valence-corrected chi connectivity index (χ0v) is 13.6. The quantitative estimate of drug-likeness (QED) is 0.651. The van der Waals surface area contributed by atoms with Gasteiger partial charge in [0.05, 0.1) is 21.8 Å². The van der Waals surface area contributed by atoms with Gasteiger partial charge in [-0.2, -0.15) is 4.39 Å². The molecule has 1 aromatic heterocycles. The van der Waals surface area contributed by atoms with E-state index in [-0.39, 0.29) is 0 Å². The van der Waals surface area contributed by atoms with E-state index in [2.05, 4.69) is 32.2 Å². The fourth-order valence-corrected chi connectivity index (χ4v) is 2.58. The SMILES string of the molecule is C=CC[C@H](N[S@@](=O)C(C)(C)C)c1cc(Br)cnc1F. The lowest BCUT2D eigenvalue weighted by Gasteiger charge is -2.24. The molecule has 0 saturated carbocycles. The summed E-state index contributed by atoms with van der Waals surface area (Å²) in [6.07, 6.45) is 3.53. The molecule has 2 atom stereocenters. The number of aromatic nitrogens is 1. The van der Waals surface area contributed by atoms with Crippen LogP contribution in [0.4, 0.5) is 4.39 Å². The number of rotatable bonds is 5. The van der Waals surface area contributed by atoms with E-state index < -0.39 is 27.7 Å². The lowest BCUT2D eigenvalue weighted by Crippen LogP contribution is -2.36. The Morgan fingerprint density at radius 2 is 2.26 bits per heavy atom. The van der Waals surface area contributed by atoms with Gasteiger partial charge in [-0.05, 0) is 49.2 Å². The summed E-state index contributed by atoms with van der Waals surface area (Å²) in [5.41, 5.74) is 0.381. The summed E-state index contributed by atoms with van der Waals surface area (Å²) in [7, 11) is -1.29. The maximum Gasteiger partial charge on any atom is 0.217 e. The summed E-state index contributed by atoms with van der Waals surface area (Å²) in [6, 6.07) is 1.23. The molecule has 0 radical (unpaired) electrons. The topological polar surface area (TPSA) is 42.0 Å². The number of hydrogen-bond donors (Lipinski definition) is 1. The van der Waals surface area contributed by atoms with Crippen LogP contribution in [0.3, 0.4) is 0 Å². The van der Waals surface area contributed by atoms with Gasteiger partial charge in [-0.3, -0.25) is 0 Å². The van der Waals surface area contributed by atoms with Crippen LogP contribution in [0.1, 0.15) is 38.8 Å². The van der Waals surface area contributed by atoms with Crippen LogP contribution in [0.2, 0.25) is 0 Å². The first kappa shape index (κ1) is 16.5. The highest BCUT2D eigenvalue weighted by Crippen LogP contribution is 2.24. The van der Waals surface area contributed by atoms with Gasteiger partial charge in [0.15, 0.2) is 0 Å². The first-order chi connectivity index (χ1) is 8.75. The molecule has 1 heterocycles. The van der Waals surface area contributed by atoms with Crippen LogP contribution >= 0.6 is 15.9 Å². The van der Waals surface area contributed by atoms with E-state index in [0.717, 1.165) is 0 Å². The van der Waals surface area contributed by atoms with Crippen molar-refractivity contribution in [3.8, 4) is 0 Å². The first-order valence-corrected chi connectivity index (χ1v) is 7.80. The fraction of sp³-hybridized carbons (Fsp3) is 0.462. The number of hydrogen-bond acceptors (Lipinski definition) is 2. The number of nitrogens with one attached hydrogen (secondary N) is 1. The maximum absolute atomic E-state index is 13.8. The first-order valence-electron chi connectivity index (χ1n) is 5.85. The van der Waals surface area contributed by atoms with E-state index in [1.807, 2.05) is 20.8 Å². The third-order valence-electron chi connectivity index (χ3n) is 2.42. The molecule has 1 aromatic rings. The standard InChI is InChI=1S/C13H18BrFN2OS/c1-5-6-11(17-19(18)13(2,3)4)10-7-9(14)8-16-12(10)15/h5,7-8,11,17H,1,6H2,2-4H3/t11-,19-/m0/s1. The molecule has 0 unspecified atom stereocenters. The van der Waals surface area contributed by atoms with Crippen LogP contribution < -0.4 is 4.72 Å². The van der Waals surface area contributed by atoms with Crippen LogP contribution in [0, 0.1) is 5.95 Å². The average molecular weight is 349 g/mol. The van der Waals surface area contributed by atoms with Crippen LogP contribution in [-0.4, -0.2) is 13.9 Å². The third kappa shape index (κ3) is 4.78. The normalized spacial score (nSPS) is 15.0. The van der Waals surface area contributed by atoms with Gasteiger partial charge in [0.1, 0.15) is 0 Å².